The SMILES string of the molecule is CN(C(=O)OC(C)(C)C)[C@H]1CCN(c2ncnc3c2oc2ccc(C(F)(F)F)cc23)C1. The Labute approximate surface area is 176 Å². The summed E-state index contributed by atoms with van der Waals surface area (Å²) in [6, 6.07) is 3.23. The van der Waals surface area contributed by atoms with E-state index in [0.29, 0.717) is 42.0 Å². The van der Waals surface area contributed by atoms with Crippen LogP contribution in [0.5, 0.6) is 0 Å². The van der Waals surface area contributed by atoms with Crippen molar-refractivity contribution >= 4 is 34.0 Å². The fraction of sp³-hybridized carbons (Fsp3) is 0.476. The Morgan fingerprint density at radius 1 is 1.26 bits per heavy atom. The molecule has 1 amide bonds. The van der Waals surface area contributed by atoms with Gasteiger partial charge in [0.2, 0.25) is 0 Å². The Morgan fingerprint density at radius 3 is 2.68 bits per heavy atom. The molecule has 10 heteroatoms. The molecule has 0 bridgehead atoms. The number of anilines is 1. The second-order valence-electron chi connectivity index (χ2n) is 8.67. The van der Waals surface area contributed by atoms with E-state index in [2.05, 4.69) is 9.97 Å². The molecule has 31 heavy (non-hydrogen) atoms. The highest BCUT2D eigenvalue weighted by molar-refractivity contribution is 6.05. The Bertz CT molecular complexity index is 1140. The largest absolute Gasteiger partial charge is 0.450 e. The number of benzene rings is 1. The molecule has 166 valence electrons. The standard InChI is InChI=1S/C21H23F3N4O3/c1-20(2,3)31-19(29)27(4)13-7-8-28(10-13)18-17-16(25-11-26-18)14-9-12(21(22,23)24)5-6-15(14)30-17/h5-6,9,11,13H,7-8,10H2,1-4H3/t13-/m0/s1. The number of rotatable bonds is 2. The van der Waals surface area contributed by atoms with E-state index in [1.54, 1.807) is 11.9 Å². The summed E-state index contributed by atoms with van der Waals surface area (Å²) in [5.74, 6) is 0.495. The summed E-state index contributed by atoms with van der Waals surface area (Å²) in [4.78, 5) is 24.4. The lowest BCUT2D eigenvalue weighted by atomic mass is 10.1. The van der Waals surface area contributed by atoms with Crippen molar-refractivity contribution in [2.45, 2.75) is 45.0 Å². The molecule has 1 aliphatic rings. The molecule has 0 unspecified atom stereocenters. The van der Waals surface area contributed by atoms with Gasteiger partial charge in [-0.3, -0.25) is 0 Å². The third-order valence-corrected chi connectivity index (χ3v) is 5.25. The summed E-state index contributed by atoms with van der Waals surface area (Å²) in [6.07, 6.45) is -2.85. The van der Waals surface area contributed by atoms with Gasteiger partial charge in [-0.05, 0) is 45.4 Å². The molecule has 1 saturated heterocycles. The molecule has 0 aliphatic carbocycles. The number of carbonyl (C=O) groups is 1. The number of halogens is 3. The zero-order valence-electron chi connectivity index (χ0n) is 17.7. The average Bonchev–Trinajstić information content (AvgIpc) is 3.29. The molecule has 1 aliphatic heterocycles. The third kappa shape index (κ3) is 4.11. The topological polar surface area (TPSA) is 71.7 Å². The molecule has 1 aromatic carbocycles. The Morgan fingerprint density at radius 2 is 2.00 bits per heavy atom. The molecule has 0 N–H and O–H groups in total. The van der Waals surface area contributed by atoms with Gasteiger partial charge in [-0.2, -0.15) is 13.2 Å². The molecule has 2 aromatic heterocycles. The third-order valence-electron chi connectivity index (χ3n) is 5.25. The number of furan rings is 1. The zero-order chi connectivity index (χ0) is 22.6. The van der Waals surface area contributed by atoms with Gasteiger partial charge in [0.15, 0.2) is 11.4 Å². The smallest absolute Gasteiger partial charge is 0.416 e. The van der Waals surface area contributed by atoms with Crippen molar-refractivity contribution < 1.29 is 27.1 Å². The number of ether oxygens (including phenoxy) is 1. The number of hydrogen-bond acceptors (Lipinski definition) is 6. The molecule has 0 saturated carbocycles. The van der Waals surface area contributed by atoms with E-state index >= 15 is 0 Å². The quantitative estimate of drug-likeness (QED) is 0.573. The van der Waals surface area contributed by atoms with Gasteiger partial charge in [-0.1, -0.05) is 0 Å². The number of alkyl halides is 3. The van der Waals surface area contributed by atoms with Crippen molar-refractivity contribution in [2.24, 2.45) is 0 Å². The summed E-state index contributed by atoms with van der Waals surface area (Å²) in [5.41, 5.74) is -0.381. The number of fused-ring (bicyclic) bond motifs is 3. The minimum absolute atomic E-state index is 0.0962. The van der Waals surface area contributed by atoms with E-state index in [0.717, 1.165) is 12.1 Å². The van der Waals surface area contributed by atoms with Crippen LogP contribution in [-0.2, 0) is 10.9 Å². The van der Waals surface area contributed by atoms with Gasteiger partial charge in [0.1, 0.15) is 23.0 Å². The van der Waals surface area contributed by atoms with E-state index < -0.39 is 23.4 Å². The van der Waals surface area contributed by atoms with Crippen molar-refractivity contribution in [1.82, 2.24) is 14.9 Å². The zero-order valence-corrected chi connectivity index (χ0v) is 17.7. The Hall–Kier alpha value is -3.04. The molecule has 3 heterocycles. The van der Waals surface area contributed by atoms with Gasteiger partial charge < -0.3 is 19.0 Å². The van der Waals surface area contributed by atoms with Gasteiger partial charge >= 0.3 is 12.3 Å². The van der Waals surface area contributed by atoms with Crippen LogP contribution in [0.1, 0.15) is 32.8 Å². The molecule has 1 atom stereocenters. The minimum Gasteiger partial charge on any atom is -0.450 e. The summed E-state index contributed by atoms with van der Waals surface area (Å²) in [7, 11) is 1.69. The summed E-state index contributed by atoms with van der Waals surface area (Å²) in [5, 5.41) is 0.287. The van der Waals surface area contributed by atoms with E-state index in [-0.39, 0.29) is 11.4 Å². The van der Waals surface area contributed by atoms with Crippen molar-refractivity contribution in [1.29, 1.82) is 0 Å². The van der Waals surface area contributed by atoms with E-state index in [4.69, 9.17) is 9.15 Å². The van der Waals surface area contributed by atoms with Crippen molar-refractivity contribution in [3.05, 3.63) is 30.1 Å². The molecule has 4 rings (SSSR count). The van der Waals surface area contributed by atoms with Crippen molar-refractivity contribution in [3.63, 3.8) is 0 Å². The number of likely N-dealkylation sites (N-methyl/N-ethyl adjacent to an activating group) is 1. The molecule has 3 aromatic rings. The van der Waals surface area contributed by atoms with Crippen molar-refractivity contribution in [3.8, 4) is 0 Å². The number of nitrogens with zero attached hydrogens (tertiary/aromatic N) is 4. The van der Waals surface area contributed by atoms with E-state index in [9.17, 15) is 18.0 Å². The predicted molar refractivity (Wildman–Crippen MR) is 109 cm³/mol. The molecule has 0 spiro atoms. The maximum absolute atomic E-state index is 13.1. The predicted octanol–water partition coefficient (Wildman–Crippen LogP) is 4.84. The Kier molecular flexibility index (Phi) is 4.98. The molecule has 7 nitrogen and oxygen atoms in total. The first kappa shape index (κ1) is 21.2. The van der Waals surface area contributed by atoms with Gasteiger partial charge in [0.25, 0.3) is 0 Å². The van der Waals surface area contributed by atoms with Crippen LogP contribution in [0.25, 0.3) is 22.1 Å². The Balaban J connectivity index is 1.62. The molecular weight excluding hydrogens is 413 g/mol. The highest BCUT2D eigenvalue weighted by atomic mass is 19.4. The van der Waals surface area contributed by atoms with Gasteiger partial charge in [-0.25, -0.2) is 14.8 Å². The van der Waals surface area contributed by atoms with E-state index in [1.165, 1.54) is 12.4 Å². The summed E-state index contributed by atoms with van der Waals surface area (Å²) >= 11 is 0. The highest BCUT2D eigenvalue weighted by Gasteiger charge is 2.34. The van der Waals surface area contributed by atoms with Gasteiger partial charge in [0.05, 0.1) is 11.6 Å². The molecular formula is C21H23F3N4O3. The van der Waals surface area contributed by atoms with Crippen LogP contribution in [0.15, 0.2) is 28.9 Å². The van der Waals surface area contributed by atoms with Gasteiger partial charge in [-0.15, -0.1) is 0 Å². The van der Waals surface area contributed by atoms with Gasteiger partial charge in [0, 0.05) is 25.5 Å². The number of hydrogen-bond donors (Lipinski definition) is 0. The normalized spacial score (nSPS) is 17.5. The maximum Gasteiger partial charge on any atom is 0.416 e. The van der Waals surface area contributed by atoms with E-state index in [1.807, 2.05) is 25.7 Å². The highest BCUT2D eigenvalue weighted by Crippen LogP contribution is 2.37. The minimum atomic E-state index is -4.46. The maximum atomic E-state index is 13.1. The first-order chi connectivity index (χ1) is 14.4. The number of amides is 1. The lowest BCUT2D eigenvalue weighted by molar-refractivity contribution is -0.137. The lowest BCUT2D eigenvalue weighted by Gasteiger charge is -2.28. The molecule has 1 fully saturated rings. The van der Waals surface area contributed by atoms with Crippen LogP contribution in [0.3, 0.4) is 0 Å². The van der Waals surface area contributed by atoms with Crippen LogP contribution in [0.4, 0.5) is 23.8 Å². The van der Waals surface area contributed by atoms with Crippen LogP contribution in [0.2, 0.25) is 0 Å². The van der Waals surface area contributed by atoms with Crippen LogP contribution in [-0.4, -0.2) is 52.7 Å². The monoisotopic (exact) mass is 436 g/mol. The fourth-order valence-electron chi connectivity index (χ4n) is 3.70. The summed E-state index contributed by atoms with van der Waals surface area (Å²) in [6.45, 7) is 6.52. The molecule has 0 radical (unpaired) electrons. The number of aromatic nitrogens is 2. The second-order valence-corrected chi connectivity index (χ2v) is 8.67. The lowest BCUT2D eigenvalue weighted by Crippen LogP contribution is -2.42. The first-order valence-corrected chi connectivity index (χ1v) is 9.89. The van der Waals surface area contributed by atoms with Crippen LogP contribution >= 0.6 is 0 Å². The fourth-order valence-corrected chi connectivity index (χ4v) is 3.70. The van der Waals surface area contributed by atoms with Crippen molar-refractivity contribution in [2.75, 3.05) is 25.0 Å². The summed E-state index contributed by atoms with van der Waals surface area (Å²) < 4.78 is 50.6. The van der Waals surface area contributed by atoms with Crippen LogP contribution < -0.4 is 4.90 Å². The van der Waals surface area contributed by atoms with Crippen LogP contribution in [0, 0.1) is 0 Å². The first-order valence-electron chi connectivity index (χ1n) is 9.89. The second kappa shape index (κ2) is 7.28. The average molecular weight is 436 g/mol. The number of carbonyl (C=O) groups excluding carboxylic acids is 1.